The number of benzene rings is 1. The van der Waals surface area contributed by atoms with Crippen LogP contribution in [0.4, 0.5) is 0 Å². The first-order valence-corrected chi connectivity index (χ1v) is 7.26. The number of hydrogen-bond donors (Lipinski definition) is 1. The SMILES string of the molecule is CC1CN(C(=O)COc2ccc(Cl)cc2Cl)CCC1O. The van der Waals surface area contributed by atoms with Gasteiger partial charge >= 0.3 is 0 Å². The number of hydrogen-bond acceptors (Lipinski definition) is 3. The molecule has 0 spiro atoms. The lowest BCUT2D eigenvalue weighted by atomic mass is 9.97. The molecule has 1 heterocycles. The molecule has 1 aliphatic rings. The number of likely N-dealkylation sites (tertiary alicyclic amines) is 1. The number of aliphatic hydroxyl groups is 1. The van der Waals surface area contributed by atoms with Crippen molar-refractivity contribution in [2.75, 3.05) is 19.7 Å². The molecule has 1 aliphatic heterocycles. The van der Waals surface area contributed by atoms with E-state index in [2.05, 4.69) is 0 Å². The Hall–Kier alpha value is -0.970. The molecule has 1 saturated heterocycles. The number of amides is 1. The first-order chi connectivity index (χ1) is 9.47. The number of halogens is 2. The number of ether oxygens (including phenoxy) is 1. The van der Waals surface area contributed by atoms with Gasteiger partial charge in [0.1, 0.15) is 5.75 Å². The molecule has 2 atom stereocenters. The fourth-order valence-electron chi connectivity index (χ4n) is 2.18. The second-order valence-corrected chi connectivity index (χ2v) is 5.88. The van der Waals surface area contributed by atoms with E-state index in [1.807, 2.05) is 6.92 Å². The van der Waals surface area contributed by atoms with Gasteiger partial charge in [0.2, 0.25) is 0 Å². The van der Waals surface area contributed by atoms with Crippen LogP contribution in [0.15, 0.2) is 18.2 Å². The van der Waals surface area contributed by atoms with E-state index in [9.17, 15) is 9.90 Å². The Kier molecular flexibility index (Phi) is 5.13. The minimum absolute atomic E-state index is 0.0653. The quantitative estimate of drug-likeness (QED) is 0.932. The fraction of sp³-hybridized carbons (Fsp3) is 0.500. The van der Waals surface area contributed by atoms with Gasteiger partial charge in [-0.15, -0.1) is 0 Å². The number of carbonyl (C=O) groups is 1. The molecule has 0 bridgehead atoms. The predicted octanol–water partition coefficient (Wildman–Crippen LogP) is 2.60. The van der Waals surface area contributed by atoms with Crippen LogP contribution in [0.2, 0.25) is 10.0 Å². The summed E-state index contributed by atoms with van der Waals surface area (Å²) in [7, 11) is 0. The largest absolute Gasteiger partial charge is 0.482 e. The highest BCUT2D eigenvalue weighted by Crippen LogP contribution is 2.27. The Labute approximate surface area is 128 Å². The van der Waals surface area contributed by atoms with Crippen LogP contribution >= 0.6 is 23.2 Å². The van der Waals surface area contributed by atoms with Crippen molar-refractivity contribution < 1.29 is 14.6 Å². The summed E-state index contributed by atoms with van der Waals surface area (Å²) in [5.41, 5.74) is 0. The normalized spacial score (nSPS) is 22.7. The van der Waals surface area contributed by atoms with E-state index in [-0.39, 0.29) is 24.5 Å². The standard InChI is InChI=1S/C14H17Cl2NO3/c1-9-7-17(5-4-12(9)18)14(19)8-20-13-3-2-10(15)6-11(13)16/h2-3,6,9,12,18H,4-5,7-8H2,1H3. The second-order valence-electron chi connectivity index (χ2n) is 5.04. The average Bonchev–Trinajstić information content (AvgIpc) is 2.40. The van der Waals surface area contributed by atoms with Crippen LogP contribution in [0.5, 0.6) is 5.75 Å². The van der Waals surface area contributed by atoms with Crippen LogP contribution in [0.1, 0.15) is 13.3 Å². The summed E-state index contributed by atoms with van der Waals surface area (Å²) in [6.07, 6.45) is 0.278. The number of carbonyl (C=O) groups excluding carboxylic acids is 1. The van der Waals surface area contributed by atoms with Gasteiger partial charge in [-0.1, -0.05) is 30.1 Å². The van der Waals surface area contributed by atoms with E-state index in [1.54, 1.807) is 23.1 Å². The van der Waals surface area contributed by atoms with Crippen LogP contribution in [-0.4, -0.2) is 41.7 Å². The first kappa shape index (κ1) is 15.4. The van der Waals surface area contributed by atoms with Gasteiger partial charge in [0.05, 0.1) is 11.1 Å². The number of rotatable bonds is 3. The van der Waals surface area contributed by atoms with Crippen molar-refractivity contribution in [2.24, 2.45) is 5.92 Å². The Morgan fingerprint density at radius 2 is 2.25 bits per heavy atom. The van der Waals surface area contributed by atoms with E-state index >= 15 is 0 Å². The number of piperidine rings is 1. The molecule has 2 rings (SSSR count). The summed E-state index contributed by atoms with van der Waals surface area (Å²) in [5, 5.41) is 10.6. The van der Waals surface area contributed by atoms with E-state index in [4.69, 9.17) is 27.9 Å². The highest BCUT2D eigenvalue weighted by molar-refractivity contribution is 6.35. The smallest absolute Gasteiger partial charge is 0.260 e. The maximum absolute atomic E-state index is 12.1. The third-order valence-corrected chi connectivity index (χ3v) is 3.99. The van der Waals surface area contributed by atoms with Crippen LogP contribution in [0.25, 0.3) is 0 Å². The molecule has 6 heteroatoms. The van der Waals surface area contributed by atoms with Gasteiger partial charge < -0.3 is 14.7 Å². The average molecular weight is 318 g/mol. The van der Waals surface area contributed by atoms with Gasteiger partial charge in [0, 0.05) is 18.1 Å². The highest BCUT2D eigenvalue weighted by Gasteiger charge is 2.27. The molecule has 0 radical (unpaired) electrons. The summed E-state index contributed by atoms with van der Waals surface area (Å²) < 4.78 is 5.42. The van der Waals surface area contributed by atoms with Gasteiger partial charge in [0.15, 0.2) is 6.61 Å². The number of aliphatic hydroxyl groups excluding tert-OH is 1. The van der Waals surface area contributed by atoms with Crippen molar-refractivity contribution in [3.8, 4) is 5.75 Å². The summed E-state index contributed by atoms with van der Waals surface area (Å²) in [4.78, 5) is 13.8. The second kappa shape index (κ2) is 6.66. The molecule has 0 aliphatic carbocycles. The molecule has 1 aromatic rings. The maximum atomic E-state index is 12.1. The molecule has 2 unspecified atom stereocenters. The van der Waals surface area contributed by atoms with Gasteiger partial charge in [-0.3, -0.25) is 4.79 Å². The molecule has 20 heavy (non-hydrogen) atoms. The molecule has 1 aromatic carbocycles. The minimum atomic E-state index is -0.328. The first-order valence-electron chi connectivity index (χ1n) is 6.51. The molecular formula is C14H17Cl2NO3. The Morgan fingerprint density at radius 3 is 2.90 bits per heavy atom. The molecule has 0 saturated carbocycles. The van der Waals surface area contributed by atoms with Crippen molar-refractivity contribution in [1.82, 2.24) is 4.90 Å². The zero-order chi connectivity index (χ0) is 14.7. The van der Waals surface area contributed by atoms with Gasteiger partial charge in [0.25, 0.3) is 5.91 Å². The number of nitrogens with zero attached hydrogens (tertiary/aromatic N) is 1. The molecule has 1 fully saturated rings. The zero-order valence-electron chi connectivity index (χ0n) is 11.2. The molecule has 4 nitrogen and oxygen atoms in total. The monoisotopic (exact) mass is 317 g/mol. The highest BCUT2D eigenvalue weighted by atomic mass is 35.5. The van der Waals surface area contributed by atoms with Crippen LogP contribution < -0.4 is 4.74 Å². The third-order valence-electron chi connectivity index (χ3n) is 3.46. The summed E-state index contributed by atoms with van der Waals surface area (Å²) in [6.45, 7) is 2.98. The van der Waals surface area contributed by atoms with Crippen molar-refractivity contribution in [1.29, 1.82) is 0 Å². The Balaban J connectivity index is 1.89. The van der Waals surface area contributed by atoms with Crippen LogP contribution in [-0.2, 0) is 4.79 Å². The molecule has 0 aromatic heterocycles. The molecular weight excluding hydrogens is 301 g/mol. The Morgan fingerprint density at radius 1 is 1.50 bits per heavy atom. The van der Waals surface area contributed by atoms with Crippen molar-refractivity contribution >= 4 is 29.1 Å². The lowest BCUT2D eigenvalue weighted by Gasteiger charge is -2.34. The molecule has 1 amide bonds. The minimum Gasteiger partial charge on any atom is -0.482 e. The van der Waals surface area contributed by atoms with E-state index in [1.165, 1.54) is 0 Å². The van der Waals surface area contributed by atoms with Gasteiger partial charge in [-0.05, 0) is 30.5 Å². The lowest BCUT2D eigenvalue weighted by molar-refractivity contribution is -0.136. The predicted molar refractivity (Wildman–Crippen MR) is 78.3 cm³/mol. The summed E-state index contributed by atoms with van der Waals surface area (Å²) in [5.74, 6) is 0.427. The van der Waals surface area contributed by atoms with E-state index in [0.717, 1.165) is 0 Å². The summed E-state index contributed by atoms with van der Waals surface area (Å²) >= 11 is 11.8. The van der Waals surface area contributed by atoms with E-state index in [0.29, 0.717) is 35.3 Å². The molecule has 1 N–H and O–H groups in total. The van der Waals surface area contributed by atoms with Crippen molar-refractivity contribution in [2.45, 2.75) is 19.4 Å². The van der Waals surface area contributed by atoms with Crippen LogP contribution in [0.3, 0.4) is 0 Å². The summed E-state index contributed by atoms with van der Waals surface area (Å²) in [6, 6.07) is 4.87. The maximum Gasteiger partial charge on any atom is 0.260 e. The lowest BCUT2D eigenvalue weighted by Crippen LogP contribution is -2.46. The topological polar surface area (TPSA) is 49.8 Å². The molecule has 110 valence electrons. The van der Waals surface area contributed by atoms with Crippen molar-refractivity contribution in [3.05, 3.63) is 28.2 Å². The Bertz CT molecular complexity index is 495. The zero-order valence-corrected chi connectivity index (χ0v) is 12.7. The van der Waals surface area contributed by atoms with E-state index < -0.39 is 0 Å². The van der Waals surface area contributed by atoms with Crippen molar-refractivity contribution in [3.63, 3.8) is 0 Å². The fourth-order valence-corrected chi connectivity index (χ4v) is 2.65. The van der Waals surface area contributed by atoms with Gasteiger partial charge in [-0.2, -0.15) is 0 Å². The third kappa shape index (κ3) is 3.78. The van der Waals surface area contributed by atoms with Gasteiger partial charge in [-0.25, -0.2) is 0 Å². The van der Waals surface area contributed by atoms with Crippen LogP contribution in [0, 0.1) is 5.92 Å².